The minimum absolute atomic E-state index is 0. The number of aliphatic carboxylic acids is 1. The Morgan fingerprint density at radius 3 is 2.00 bits per heavy atom. The van der Waals surface area contributed by atoms with Crippen LogP contribution >= 0.6 is 0 Å². The smallest absolute Gasteiger partial charge is 0.306 e. The molecular formula is C5H11NO2. The fourth-order valence-electron chi connectivity index (χ4n) is 0.655. The Balaban J connectivity index is 0.000000490. The Morgan fingerprint density at radius 2 is 2.00 bits per heavy atom. The predicted octanol–water partition coefficient (Wildman–Crippen LogP) is 1.03. The van der Waals surface area contributed by atoms with Gasteiger partial charge in [-0.2, -0.15) is 0 Å². The number of rotatable bonds is 1. The van der Waals surface area contributed by atoms with Crippen LogP contribution in [0.2, 0.25) is 0 Å². The maximum Gasteiger partial charge on any atom is 0.306 e. The third kappa shape index (κ3) is 1.20. The fraction of sp³-hybridized carbons (Fsp3) is 0.800. The minimum Gasteiger partial charge on any atom is -0.481 e. The summed E-state index contributed by atoms with van der Waals surface area (Å²) in [5.41, 5.74) is 0. The highest BCUT2D eigenvalue weighted by Crippen LogP contribution is 2.25. The van der Waals surface area contributed by atoms with E-state index in [9.17, 15) is 4.79 Å². The van der Waals surface area contributed by atoms with E-state index in [1.54, 1.807) is 0 Å². The molecule has 0 atom stereocenters. The van der Waals surface area contributed by atoms with Crippen molar-refractivity contribution in [3.8, 4) is 0 Å². The molecule has 3 heteroatoms. The molecule has 0 aromatic carbocycles. The highest BCUT2D eigenvalue weighted by Gasteiger charge is 2.23. The Labute approximate surface area is 48.3 Å². The topological polar surface area (TPSA) is 72.3 Å². The van der Waals surface area contributed by atoms with Gasteiger partial charge in [-0.25, -0.2) is 0 Å². The van der Waals surface area contributed by atoms with E-state index in [2.05, 4.69) is 0 Å². The molecule has 1 fully saturated rings. The van der Waals surface area contributed by atoms with Gasteiger partial charge in [-0.15, -0.1) is 0 Å². The van der Waals surface area contributed by atoms with Crippen molar-refractivity contribution >= 4 is 5.97 Å². The summed E-state index contributed by atoms with van der Waals surface area (Å²) in [6.45, 7) is 0. The van der Waals surface area contributed by atoms with E-state index in [1.807, 2.05) is 0 Å². The van der Waals surface area contributed by atoms with Crippen molar-refractivity contribution in [1.29, 1.82) is 0 Å². The van der Waals surface area contributed by atoms with E-state index in [4.69, 9.17) is 5.11 Å². The van der Waals surface area contributed by atoms with Crippen LogP contribution in [0.3, 0.4) is 0 Å². The molecule has 1 aliphatic rings. The van der Waals surface area contributed by atoms with E-state index in [1.165, 1.54) is 0 Å². The standard InChI is InChI=1S/C5H8O2.H3N/c6-5(7)4-2-1-3-4;/h4H,1-3H2,(H,6,7);1H3. The highest BCUT2D eigenvalue weighted by atomic mass is 16.4. The van der Waals surface area contributed by atoms with Crippen LogP contribution in [0.4, 0.5) is 0 Å². The van der Waals surface area contributed by atoms with Gasteiger partial charge >= 0.3 is 5.97 Å². The van der Waals surface area contributed by atoms with Crippen molar-refractivity contribution in [3.63, 3.8) is 0 Å². The van der Waals surface area contributed by atoms with Crippen molar-refractivity contribution < 1.29 is 9.90 Å². The molecule has 0 amide bonds. The second-order valence-electron chi connectivity index (χ2n) is 1.97. The summed E-state index contributed by atoms with van der Waals surface area (Å²) in [5.74, 6) is -0.619. The van der Waals surface area contributed by atoms with Crippen molar-refractivity contribution in [2.45, 2.75) is 19.3 Å². The van der Waals surface area contributed by atoms with Crippen LogP contribution in [0.5, 0.6) is 0 Å². The zero-order chi connectivity index (χ0) is 5.28. The molecule has 0 spiro atoms. The number of carboxylic acid groups (broad SMARTS) is 1. The van der Waals surface area contributed by atoms with Crippen molar-refractivity contribution in [1.82, 2.24) is 6.15 Å². The molecular weight excluding hydrogens is 106 g/mol. The molecule has 3 nitrogen and oxygen atoms in total. The van der Waals surface area contributed by atoms with Crippen LogP contribution in [-0.2, 0) is 4.79 Å². The molecule has 0 heterocycles. The summed E-state index contributed by atoms with van der Waals surface area (Å²) in [4.78, 5) is 9.98. The minimum atomic E-state index is -0.619. The Morgan fingerprint density at radius 1 is 1.50 bits per heavy atom. The molecule has 4 N–H and O–H groups in total. The lowest BCUT2D eigenvalue weighted by Crippen LogP contribution is -2.20. The number of hydrogen-bond donors (Lipinski definition) is 2. The number of carboxylic acids is 1. The molecule has 0 aromatic heterocycles. The maximum atomic E-state index is 9.98. The first-order valence-electron chi connectivity index (χ1n) is 2.53. The maximum absolute atomic E-state index is 9.98. The Hall–Kier alpha value is -0.570. The van der Waals surface area contributed by atoms with Gasteiger partial charge in [0, 0.05) is 0 Å². The molecule has 1 rings (SSSR count). The molecule has 0 saturated heterocycles. The summed E-state index contributed by atoms with van der Waals surface area (Å²) in [5, 5.41) is 8.23. The van der Waals surface area contributed by atoms with E-state index in [0.29, 0.717) is 0 Å². The summed E-state index contributed by atoms with van der Waals surface area (Å²) in [7, 11) is 0. The lowest BCUT2D eigenvalue weighted by atomic mass is 9.86. The van der Waals surface area contributed by atoms with E-state index in [0.717, 1.165) is 19.3 Å². The van der Waals surface area contributed by atoms with Crippen LogP contribution in [0.15, 0.2) is 0 Å². The first kappa shape index (κ1) is 7.43. The largest absolute Gasteiger partial charge is 0.481 e. The fourth-order valence-corrected chi connectivity index (χ4v) is 0.655. The summed E-state index contributed by atoms with van der Waals surface area (Å²) in [6, 6.07) is 0. The molecule has 8 heavy (non-hydrogen) atoms. The third-order valence-electron chi connectivity index (χ3n) is 1.45. The van der Waals surface area contributed by atoms with Crippen LogP contribution in [0.25, 0.3) is 0 Å². The highest BCUT2D eigenvalue weighted by molar-refractivity contribution is 5.70. The van der Waals surface area contributed by atoms with Gasteiger partial charge < -0.3 is 11.3 Å². The number of carbonyl (C=O) groups is 1. The Kier molecular flexibility index (Phi) is 2.48. The quantitative estimate of drug-likeness (QED) is 0.538. The summed E-state index contributed by atoms with van der Waals surface area (Å²) in [6.07, 6.45) is 2.90. The van der Waals surface area contributed by atoms with E-state index >= 15 is 0 Å². The summed E-state index contributed by atoms with van der Waals surface area (Å²) < 4.78 is 0. The van der Waals surface area contributed by atoms with Crippen LogP contribution in [0.1, 0.15) is 19.3 Å². The van der Waals surface area contributed by atoms with Crippen LogP contribution in [-0.4, -0.2) is 11.1 Å². The lowest BCUT2D eigenvalue weighted by molar-refractivity contribution is -0.144. The molecule has 1 aliphatic carbocycles. The molecule has 1 saturated carbocycles. The van der Waals surface area contributed by atoms with Gasteiger partial charge in [0.25, 0.3) is 0 Å². The average molecular weight is 117 g/mol. The van der Waals surface area contributed by atoms with Crippen molar-refractivity contribution in [2.75, 3.05) is 0 Å². The van der Waals surface area contributed by atoms with Crippen molar-refractivity contribution in [2.24, 2.45) is 5.92 Å². The average Bonchev–Trinajstić information content (AvgIpc) is 1.23. The van der Waals surface area contributed by atoms with Gasteiger partial charge in [0.2, 0.25) is 0 Å². The van der Waals surface area contributed by atoms with Crippen LogP contribution in [0, 0.1) is 5.92 Å². The first-order valence-corrected chi connectivity index (χ1v) is 2.53. The SMILES string of the molecule is N.O=C(O)C1CCC1. The van der Waals surface area contributed by atoms with Gasteiger partial charge in [0.05, 0.1) is 5.92 Å². The van der Waals surface area contributed by atoms with Gasteiger partial charge in [-0.05, 0) is 12.8 Å². The van der Waals surface area contributed by atoms with Crippen LogP contribution < -0.4 is 6.15 Å². The zero-order valence-corrected chi connectivity index (χ0v) is 4.76. The second kappa shape index (κ2) is 2.67. The van der Waals surface area contributed by atoms with E-state index in [-0.39, 0.29) is 12.1 Å². The molecule has 0 aromatic rings. The third-order valence-corrected chi connectivity index (χ3v) is 1.45. The molecule has 0 aliphatic heterocycles. The predicted molar refractivity (Wildman–Crippen MR) is 30.0 cm³/mol. The molecule has 0 radical (unpaired) electrons. The number of hydrogen-bond acceptors (Lipinski definition) is 2. The van der Waals surface area contributed by atoms with Gasteiger partial charge in [0.15, 0.2) is 0 Å². The van der Waals surface area contributed by atoms with E-state index < -0.39 is 5.97 Å². The normalized spacial score (nSPS) is 18.5. The molecule has 0 unspecified atom stereocenters. The first-order chi connectivity index (χ1) is 3.30. The Bertz CT molecular complexity index is 88.4. The van der Waals surface area contributed by atoms with Gasteiger partial charge in [-0.3, -0.25) is 4.79 Å². The lowest BCUT2D eigenvalue weighted by Gasteiger charge is -2.19. The van der Waals surface area contributed by atoms with Crippen molar-refractivity contribution in [3.05, 3.63) is 0 Å². The van der Waals surface area contributed by atoms with Gasteiger partial charge in [-0.1, -0.05) is 6.42 Å². The second-order valence-corrected chi connectivity index (χ2v) is 1.97. The monoisotopic (exact) mass is 117 g/mol. The molecule has 48 valence electrons. The zero-order valence-electron chi connectivity index (χ0n) is 4.76. The summed E-state index contributed by atoms with van der Waals surface area (Å²) >= 11 is 0. The molecule has 0 bridgehead atoms. The van der Waals surface area contributed by atoms with Gasteiger partial charge in [0.1, 0.15) is 0 Å².